The van der Waals surface area contributed by atoms with Crippen molar-refractivity contribution in [2.24, 2.45) is 44.3 Å². The number of carbonyl (C=O) groups is 3. The maximum atomic E-state index is 15.6. The third-order valence-electron chi connectivity index (χ3n) is 18.6. The normalized spacial score (nSPS) is 40.8. The highest BCUT2D eigenvalue weighted by Crippen LogP contribution is 2.78. The molecule has 1 aliphatic heterocycles. The monoisotopic (exact) mass is 813 g/mol. The van der Waals surface area contributed by atoms with Crippen molar-refractivity contribution < 1.29 is 29.3 Å². The second-order valence-corrected chi connectivity index (χ2v) is 21.8. The third kappa shape index (κ3) is 4.91. The smallest absolute Gasteiger partial charge is 0.313 e. The first kappa shape index (κ1) is 39.3. The molecule has 8 heteroatoms. The average molecular weight is 814 g/mol. The number of hydrogen-bond donors (Lipinski definition) is 2. The lowest BCUT2D eigenvalue weighted by Crippen LogP contribution is -2.68. The van der Waals surface area contributed by atoms with Gasteiger partial charge in [0.25, 0.3) is 5.91 Å². The number of ketones is 1. The van der Waals surface area contributed by atoms with Crippen molar-refractivity contribution in [3.63, 3.8) is 0 Å². The van der Waals surface area contributed by atoms with Crippen LogP contribution in [-0.4, -0.2) is 63.2 Å². The fourth-order valence-electron chi connectivity index (χ4n) is 14.5. The molecule has 0 radical (unpaired) electrons. The molecular formula is C51H59NO6S. The number of rotatable bonds is 9. The minimum Gasteiger partial charge on any atom is -0.448 e. The summed E-state index contributed by atoms with van der Waals surface area (Å²) in [5.74, 6) is -0.391. The van der Waals surface area contributed by atoms with Crippen LogP contribution in [0.5, 0.6) is 0 Å². The molecule has 5 fully saturated rings. The van der Waals surface area contributed by atoms with Crippen molar-refractivity contribution >= 4 is 29.0 Å². The van der Waals surface area contributed by atoms with Gasteiger partial charge >= 0.3 is 5.97 Å². The quantitative estimate of drug-likeness (QED) is 0.127. The van der Waals surface area contributed by atoms with Crippen LogP contribution in [0.3, 0.4) is 0 Å². The first-order valence-corrected chi connectivity index (χ1v) is 23.0. The molecular weight excluding hydrogens is 755 g/mol. The summed E-state index contributed by atoms with van der Waals surface area (Å²) in [4.78, 5) is 47.3. The van der Waals surface area contributed by atoms with E-state index in [0.717, 1.165) is 47.3 Å². The Kier molecular flexibility index (Phi) is 8.55. The molecule has 10 unspecified atom stereocenters. The average Bonchev–Trinajstić information content (AvgIpc) is 3.93. The zero-order chi connectivity index (χ0) is 41.4. The van der Waals surface area contributed by atoms with Crippen LogP contribution in [0, 0.1) is 44.3 Å². The van der Waals surface area contributed by atoms with E-state index in [4.69, 9.17) is 4.74 Å². The molecule has 2 spiro atoms. The summed E-state index contributed by atoms with van der Waals surface area (Å²) in [5, 5.41) is 26.8. The lowest BCUT2D eigenvalue weighted by atomic mass is 9.32. The first-order valence-electron chi connectivity index (χ1n) is 22.1. The van der Waals surface area contributed by atoms with E-state index < -0.39 is 44.4 Å². The molecule has 59 heavy (non-hydrogen) atoms. The number of nitrogens with zero attached hydrogens (tertiary/aromatic N) is 1. The minimum atomic E-state index is -1.28. The minimum absolute atomic E-state index is 0.0291. The summed E-state index contributed by atoms with van der Waals surface area (Å²) in [6.45, 7) is 11.1. The number of allylic oxidation sites excluding steroid dienone is 4. The van der Waals surface area contributed by atoms with Gasteiger partial charge in [-0.3, -0.25) is 14.4 Å². The van der Waals surface area contributed by atoms with E-state index >= 15 is 9.59 Å². The van der Waals surface area contributed by atoms with E-state index in [9.17, 15) is 15.0 Å². The predicted octanol–water partition coefficient (Wildman–Crippen LogP) is 9.38. The standard InChI is InChI=1S/C51H59NO6S/c1-44(2)47(5)24-27-51(44,58-43(47)56)42(55)52(28-20-35-14-11-29-59-35)32-49(57)23-19-40-46(49,4)22-18-39-45(3)21-17-34(53)30-48(45)25-26-50(39,40)38(31-48)41(54)37-16-10-9-15-36(37)33-12-7-6-8-13-33/h6-16,25-26,29,31,34,39-40,53,57H,17-24,27-28,30,32H2,1-5H3. The molecule has 8 aliphatic rings. The number of aliphatic hydroxyl groups excluding tert-OH is 1. The van der Waals surface area contributed by atoms with Crippen LogP contribution in [0.4, 0.5) is 0 Å². The van der Waals surface area contributed by atoms with E-state index in [1.165, 1.54) is 0 Å². The van der Waals surface area contributed by atoms with E-state index in [1.807, 2.05) is 79.6 Å². The molecule has 7 aliphatic carbocycles. The van der Waals surface area contributed by atoms with Gasteiger partial charge in [0.2, 0.25) is 0 Å². The lowest BCUT2D eigenvalue weighted by Gasteiger charge is -2.71. The zero-order valence-electron chi connectivity index (χ0n) is 35.3. The molecule has 4 saturated carbocycles. The Bertz CT molecular complexity index is 2300. The Labute approximate surface area is 352 Å². The number of fused-ring (bicyclic) bond motifs is 3. The van der Waals surface area contributed by atoms with Crippen molar-refractivity contribution in [3.8, 4) is 11.1 Å². The number of ether oxygens (including phenoxy) is 1. The molecule has 11 rings (SSSR count). The van der Waals surface area contributed by atoms with E-state index in [-0.39, 0.29) is 41.5 Å². The fourth-order valence-corrected chi connectivity index (χ4v) is 15.2. The first-order chi connectivity index (χ1) is 28.0. The van der Waals surface area contributed by atoms with Gasteiger partial charge in [0.1, 0.15) is 0 Å². The largest absolute Gasteiger partial charge is 0.448 e. The zero-order valence-corrected chi connectivity index (χ0v) is 36.1. The molecule has 2 N–H and O–H groups in total. The van der Waals surface area contributed by atoms with Gasteiger partial charge in [-0.25, -0.2) is 0 Å². The van der Waals surface area contributed by atoms with Crippen molar-refractivity contribution in [2.75, 3.05) is 13.1 Å². The van der Waals surface area contributed by atoms with Crippen LogP contribution in [0.25, 0.3) is 11.1 Å². The summed E-state index contributed by atoms with van der Waals surface area (Å²) in [6, 6.07) is 22.2. The van der Waals surface area contributed by atoms with E-state index in [2.05, 4.69) is 50.3 Å². The van der Waals surface area contributed by atoms with Crippen LogP contribution >= 0.6 is 11.3 Å². The highest BCUT2D eigenvalue weighted by Gasteiger charge is 2.78. The Hall–Kier alpha value is -3.85. The summed E-state index contributed by atoms with van der Waals surface area (Å²) in [6.07, 6.45) is 13.3. The van der Waals surface area contributed by atoms with Gasteiger partial charge in [-0.15, -0.1) is 11.3 Å². The summed E-state index contributed by atoms with van der Waals surface area (Å²) in [5.41, 5.74) is -2.50. The van der Waals surface area contributed by atoms with Gasteiger partial charge in [-0.05, 0) is 111 Å². The van der Waals surface area contributed by atoms with Crippen molar-refractivity contribution in [2.45, 2.75) is 116 Å². The van der Waals surface area contributed by atoms with Crippen LogP contribution in [0.15, 0.2) is 95.9 Å². The molecule has 4 bridgehead atoms. The second-order valence-electron chi connectivity index (χ2n) is 20.8. The maximum absolute atomic E-state index is 15.6. The number of benzene rings is 2. The Balaban J connectivity index is 1.07. The Morgan fingerprint density at radius 1 is 0.831 bits per heavy atom. The molecule has 1 aromatic heterocycles. The summed E-state index contributed by atoms with van der Waals surface area (Å²) < 4.78 is 6.20. The SMILES string of the molecule is CC12CCC(C(=O)N(CCc3cccs3)CC3(O)CCC4C56C=CC7(C=C5C(=O)c5ccccc5-c5ccccc5)CC(O)CCC7(C)C6CCC43C)(OC1=O)C2(C)C. The molecule has 3 aromatic rings. The van der Waals surface area contributed by atoms with Crippen molar-refractivity contribution in [1.29, 1.82) is 0 Å². The third-order valence-corrected chi connectivity index (χ3v) is 19.5. The molecule has 2 aromatic carbocycles. The molecule has 2 heterocycles. The maximum Gasteiger partial charge on any atom is 0.313 e. The number of esters is 1. The number of hydrogen-bond acceptors (Lipinski definition) is 7. The van der Waals surface area contributed by atoms with Crippen LogP contribution in [0.2, 0.25) is 0 Å². The van der Waals surface area contributed by atoms with E-state index in [0.29, 0.717) is 50.6 Å². The van der Waals surface area contributed by atoms with Crippen molar-refractivity contribution in [1.82, 2.24) is 4.90 Å². The number of aliphatic hydroxyl groups is 2. The van der Waals surface area contributed by atoms with Gasteiger partial charge in [0.05, 0.1) is 23.7 Å². The van der Waals surface area contributed by atoms with Gasteiger partial charge < -0.3 is 19.8 Å². The molecule has 1 amide bonds. The van der Waals surface area contributed by atoms with E-state index in [1.54, 1.807) is 11.3 Å². The van der Waals surface area contributed by atoms with Crippen LogP contribution in [-0.2, 0) is 20.7 Å². The van der Waals surface area contributed by atoms with Crippen LogP contribution < -0.4 is 0 Å². The summed E-state index contributed by atoms with van der Waals surface area (Å²) in [7, 11) is 0. The topological polar surface area (TPSA) is 104 Å². The van der Waals surface area contributed by atoms with Gasteiger partial charge in [0.15, 0.2) is 11.4 Å². The second kappa shape index (κ2) is 12.8. The molecule has 1 saturated heterocycles. The fraction of sp³-hybridized carbons (Fsp3) is 0.549. The predicted molar refractivity (Wildman–Crippen MR) is 229 cm³/mol. The highest BCUT2D eigenvalue weighted by molar-refractivity contribution is 7.09. The number of thiophene rings is 1. The number of amides is 1. The van der Waals surface area contributed by atoms with Crippen LogP contribution in [0.1, 0.15) is 108 Å². The summed E-state index contributed by atoms with van der Waals surface area (Å²) >= 11 is 1.66. The van der Waals surface area contributed by atoms with Gasteiger partial charge in [-0.1, -0.05) is 107 Å². The number of Topliss-reactive ketones (excluding diaryl/α,β-unsaturated/α-hetero) is 1. The van der Waals surface area contributed by atoms with Crippen molar-refractivity contribution in [3.05, 3.63) is 106 Å². The molecule has 310 valence electrons. The number of carbonyl (C=O) groups excluding carboxylic acids is 3. The Morgan fingerprint density at radius 3 is 2.25 bits per heavy atom. The highest BCUT2D eigenvalue weighted by atomic mass is 32.1. The molecule has 7 nitrogen and oxygen atoms in total. The lowest BCUT2D eigenvalue weighted by molar-refractivity contribution is -0.187. The van der Waals surface area contributed by atoms with Gasteiger partial charge in [0, 0.05) is 44.2 Å². The molecule has 10 atom stereocenters. The Morgan fingerprint density at radius 2 is 1.54 bits per heavy atom. The van der Waals surface area contributed by atoms with Gasteiger partial charge in [-0.2, -0.15) is 0 Å².